The van der Waals surface area contributed by atoms with E-state index in [-0.39, 0.29) is 11.8 Å². The summed E-state index contributed by atoms with van der Waals surface area (Å²) in [6, 6.07) is 7.07. The number of rotatable bonds is 3. The van der Waals surface area contributed by atoms with Crippen molar-refractivity contribution in [1.29, 1.82) is 0 Å². The van der Waals surface area contributed by atoms with Crippen LogP contribution in [0.5, 0.6) is 5.75 Å². The molecule has 2 amide bonds. The number of aromatic nitrogens is 2. The van der Waals surface area contributed by atoms with Crippen molar-refractivity contribution < 1.29 is 9.90 Å². The molecule has 1 saturated carbocycles. The number of piperazine rings is 1. The van der Waals surface area contributed by atoms with Gasteiger partial charge in [-0.1, -0.05) is 6.07 Å². The lowest BCUT2D eigenvalue weighted by molar-refractivity contribution is 0.208. The summed E-state index contributed by atoms with van der Waals surface area (Å²) >= 11 is 0. The standard InChI is InChI=1S/C18H21N5O2/c24-16-3-1-2-15(10-16)22-6-8-23(9-7-22)18(25)21-14-11-19-17(20-12-14)13-4-5-13/h1-3,10-13,24H,4-9H2,(H,21,25). The number of nitrogens with one attached hydrogen (secondary N) is 1. The first-order valence-corrected chi connectivity index (χ1v) is 8.61. The second kappa shape index (κ2) is 6.58. The van der Waals surface area contributed by atoms with Crippen molar-refractivity contribution >= 4 is 17.4 Å². The third-order valence-electron chi connectivity index (χ3n) is 4.63. The van der Waals surface area contributed by atoms with Gasteiger partial charge in [-0.25, -0.2) is 14.8 Å². The van der Waals surface area contributed by atoms with E-state index >= 15 is 0 Å². The molecule has 7 nitrogen and oxygen atoms in total. The number of anilines is 2. The molecule has 1 saturated heterocycles. The highest BCUT2D eigenvalue weighted by Gasteiger charge is 2.26. The number of phenolic OH excluding ortho intramolecular Hbond substituents is 1. The van der Waals surface area contributed by atoms with Gasteiger partial charge in [0.05, 0.1) is 18.1 Å². The van der Waals surface area contributed by atoms with Crippen LogP contribution in [-0.4, -0.2) is 52.2 Å². The van der Waals surface area contributed by atoms with Crippen LogP contribution in [0.3, 0.4) is 0 Å². The average molecular weight is 339 g/mol. The molecule has 4 rings (SSSR count). The molecule has 130 valence electrons. The SMILES string of the molecule is O=C(Nc1cnc(C2CC2)nc1)N1CCN(c2cccc(O)c2)CC1. The van der Waals surface area contributed by atoms with Gasteiger partial charge in [0.2, 0.25) is 0 Å². The van der Waals surface area contributed by atoms with Crippen LogP contribution in [0, 0.1) is 0 Å². The number of carbonyl (C=O) groups excluding carboxylic acids is 1. The zero-order valence-corrected chi connectivity index (χ0v) is 13.9. The van der Waals surface area contributed by atoms with E-state index in [2.05, 4.69) is 20.2 Å². The summed E-state index contributed by atoms with van der Waals surface area (Å²) in [5.41, 5.74) is 1.61. The van der Waals surface area contributed by atoms with Crippen molar-refractivity contribution in [2.24, 2.45) is 0 Å². The van der Waals surface area contributed by atoms with Crippen molar-refractivity contribution in [3.05, 3.63) is 42.5 Å². The summed E-state index contributed by atoms with van der Waals surface area (Å²) in [4.78, 5) is 25.0. The molecule has 2 heterocycles. The van der Waals surface area contributed by atoms with Crippen LogP contribution < -0.4 is 10.2 Å². The van der Waals surface area contributed by atoms with E-state index in [9.17, 15) is 9.90 Å². The molecule has 0 atom stereocenters. The van der Waals surface area contributed by atoms with Crippen LogP contribution in [0.25, 0.3) is 0 Å². The summed E-state index contributed by atoms with van der Waals surface area (Å²) in [6.07, 6.45) is 5.69. The number of phenols is 1. The quantitative estimate of drug-likeness (QED) is 0.897. The van der Waals surface area contributed by atoms with Crippen molar-refractivity contribution in [3.8, 4) is 5.75 Å². The molecule has 1 aliphatic carbocycles. The third kappa shape index (κ3) is 3.65. The van der Waals surface area contributed by atoms with Gasteiger partial charge >= 0.3 is 6.03 Å². The highest BCUT2D eigenvalue weighted by Crippen LogP contribution is 2.37. The topological polar surface area (TPSA) is 81.6 Å². The van der Waals surface area contributed by atoms with Crippen molar-refractivity contribution in [3.63, 3.8) is 0 Å². The lowest BCUT2D eigenvalue weighted by Crippen LogP contribution is -2.50. The Kier molecular flexibility index (Phi) is 4.13. The summed E-state index contributed by atoms with van der Waals surface area (Å²) in [7, 11) is 0. The average Bonchev–Trinajstić information content (AvgIpc) is 3.48. The predicted octanol–water partition coefficient (Wildman–Crippen LogP) is 2.41. The number of hydrogen-bond acceptors (Lipinski definition) is 5. The molecule has 2 aromatic rings. The molecule has 1 aromatic heterocycles. The monoisotopic (exact) mass is 339 g/mol. The Bertz CT molecular complexity index is 752. The van der Waals surface area contributed by atoms with Gasteiger partial charge in [0.15, 0.2) is 0 Å². The highest BCUT2D eigenvalue weighted by molar-refractivity contribution is 5.89. The smallest absolute Gasteiger partial charge is 0.322 e. The molecular weight excluding hydrogens is 318 g/mol. The Balaban J connectivity index is 1.31. The first-order valence-electron chi connectivity index (χ1n) is 8.61. The fourth-order valence-electron chi connectivity index (χ4n) is 3.01. The lowest BCUT2D eigenvalue weighted by Gasteiger charge is -2.36. The number of urea groups is 1. The number of carbonyl (C=O) groups is 1. The molecule has 2 fully saturated rings. The second-order valence-electron chi connectivity index (χ2n) is 6.53. The number of aromatic hydroxyl groups is 1. The van der Waals surface area contributed by atoms with Crippen molar-refractivity contribution in [1.82, 2.24) is 14.9 Å². The molecule has 0 unspecified atom stereocenters. The van der Waals surface area contributed by atoms with Gasteiger partial charge in [0, 0.05) is 43.9 Å². The Hall–Kier alpha value is -2.83. The molecule has 0 bridgehead atoms. The highest BCUT2D eigenvalue weighted by atomic mass is 16.3. The molecule has 1 aliphatic heterocycles. The van der Waals surface area contributed by atoms with E-state index in [1.165, 1.54) is 0 Å². The van der Waals surface area contributed by atoms with E-state index in [0.29, 0.717) is 24.7 Å². The number of benzene rings is 1. The van der Waals surface area contributed by atoms with E-state index in [4.69, 9.17) is 0 Å². The Morgan fingerprint density at radius 2 is 1.84 bits per heavy atom. The Morgan fingerprint density at radius 3 is 2.48 bits per heavy atom. The van der Waals surface area contributed by atoms with Gasteiger partial charge in [0.1, 0.15) is 11.6 Å². The van der Waals surface area contributed by atoms with Gasteiger partial charge in [0.25, 0.3) is 0 Å². The van der Waals surface area contributed by atoms with Crippen LogP contribution in [0.15, 0.2) is 36.7 Å². The summed E-state index contributed by atoms with van der Waals surface area (Å²) in [6.45, 7) is 2.72. The maximum Gasteiger partial charge on any atom is 0.322 e. The Morgan fingerprint density at radius 1 is 1.12 bits per heavy atom. The lowest BCUT2D eigenvalue weighted by atomic mass is 10.2. The maximum atomic E-state index is 12.4. The van der Waals surface area contributed by atoms with E-state index in [1.54, 1.807) is 29.4 Å². The molecule has 1 aromatic carbocycles. The van der Waals surface area contributed by atoms with Gasteiger partial charge in [-0.15, -0.1) is 0 Å². The molecule has 7 heteroatoms. The van der Waals surface area contributed by atoms with Gasteiger partial charge < -0.3 is 20.2 Å². The third-order valence-corrected chi connectivity index (χ3v) is 4.63. The first kappa shape index (κ1) is 15.7. The van der Waals surface area contributed by atoms with E-state index < -0.39 is 0 Å². The molecule has 0 spiro atoms. The summed E-state index contributed by atoms with van der Waals surface area (Å²) in [5, 5.41) is 12.5. The van der Waals surface area contributed by atoms with Crippen LogP contribution in [0.1, 0.15) is 24.6 Å². The first-order chi connectivity index (χ1) is 12.2. The maximum absolute atomic E-state index is 12.4. The minimum absolute atomic E-state index is 0.127. The summed E-state index contributed by atoms with van der Waals surface area (Å²) < 4.78 is 0. The van der Waals surface area contributed by atoms with Gasteiger partial charge in [-0.3, -0.25) is 0 Å². The minimum Gasteiger partial charge on any atom is -0.508 e. The largest absolute Gasteiger partial charge is 0.508 e. The number of amides is 2. The fraction of sp³-hybridized carbons (Fsp3) is 0.389. The minimum atomic E-state index is -0.127. The van der Waals surface area contributed by atoms with E-state index in [0.717, 1.165) is 37.4 Å². The molecule has 25 heavy (non-hydrogen) atoms. The van der Waals surface area contributed by atoms with Crippen LogP contribution in [0.4, 0.5) is 16.2 Å². The number of hydrogen-bond donors (Lipinski definition) is 2. The van der Waals surface area contributed by atoms with Crippen LogP contribution >= 0.6 is 0 Å². The molecule has 2 N–H and O–H groups in total. The molecule has 0 radical (unpaired) electrons. The summed E-state index contributed by atoms with van der Waals surface area (Å²) in [5.74, 6) is 1.64. The zero-order valence-electron chi connectivity index (χ0n) is 13.9. The zero-order chi connectivity index (χ0) is 17.2. The van der Waals surface area contributed by atoms with Crippen molar-refractivity contribution in [2.45, 2.75) is 18.8 Å². The Labute approximate surface area is 146 Å². The van der Waals surface area contributed by atoms with Gasteiger partial charge in [-0.2, -0.15) is 0 Å². The second-order valence-corrected chi connectivity index (χ2v) is 6.53. The fourth-order valence-corrected chi connectivity index (χ4v) is 3.01. The van der Waals surface area contributed by atoms with Crippen LogP contribution in [0.2, 0.25) is 0 Å². The molecule has 2 aliphatic rings. The molecular formula is C18H21N5O2. The predicted molar refractivity (Wildman–Crippen MR) is 94.9 cm³/mol. The van der Waals surface area contributed by atoms with Gasteiger partial charge in [-0.05, 0) is 25.0 Å². The van der Waals surface area contributed by atoms with Crippen molar-refractivity contribution in [2.75, 3.05) is 36.4 Å². The normalized spacial score (nSPS) is 17.4. The number of nitrogens with zero attached hydrogens (tertiary/aromatic N) is 4. The van der Waals surface area contributed by atoms with Crippen LogP contribution in [-0.2, 0) is 0 Å². The van der Waals surface area contributed by atoms with E-state index in [1.807, 2.05) is 12.1 Å².